The van der Waals surface area contributed by atoms with Crippen LogP contribution in [0, 0.1) is 5.41 Å². The number of carbonyl (C=O) groups excluding carboxylic acids is 1. The summed E-state index contributed by atoms with van der Waals surface area (Å²) in [6.07, 6.45) is 1.74. The number of hydrogen-bond acceptors (Lipinski definition) is 2. The predicted molar refractivity (Wildman–Crippen MR) is 65.5 cm³/mol. The number of benzene rings is 1. The van der Waals surface area contributed by atoms with Crippen molar-refractivity contribution in [2.75, 3.05) is 0 Å². The fourth-order valence-electron chi connectivity index (χ4n) is 1.64. The summed E-state index contributed by atoms with van der Waals surface area (Å²) in [5, 5.41) is 1.06. The molecule has 0 atom stereocenters. The molecule has 0 unspecified atom stereocenters. The molecule has 2 aromatic rings. The van der Waals surface area contributed by atoms with E-state index in [1.165, 1.54) is 0 Å². The number of aromatic nitrogens is 1. The molecule has 0 saturated carbocycles. The number of fused-ring (bicyclic) bond motifs is 1. The van der Waals surface area contributed by atoms with E-state index < -0.39 is 0 Å². The molecule has 82 valence electrons. The minimum atomic E-state index is -0.345. The number of nitrogens with zero attached hydrogens (tertiary/aromatic N) is 1. The molecule has 0 amide bonds. The number of hydrogen-bond donors (Lipinski definition) is 0. The van der Waals surface area contributed by atoms with Gasteiger partial charge in [-0.3, -0.25) is 9.78 Å². The van der Waals surface area contributed by atoms with E-state index in [1.54, 1.807) is 6.20 Å². The van der Waals surface area contributed by atoms with Gasteiger partial charge in [-0.25, -0.2) is 0 Å². The Morgan fingerprint density at radius 2 is 1.94 bits per heavy atom. The summed E-state index contributed by atoms with van der Waals surface area (Å²) in [4.78, 5) is 16.3. The van der Waals surface area contributed by atoms with E-state index in [4.69, 9.17) is 0 Å². The highest BCUT2D eigenvalue weighted by Gasteiger charge is 2.22. The molecule has 0 bridgehead atoms. The molecule has 0 spiro atoms. The van der Waals surface area contributed by atoms with Crippen molar-refractivity contribution < 1.29 is 4.79 Å². The number of pyridine rings is 1. The van der Waals surface area contributed by atoms with Crippen LogP contribution in [0.3, 0.4) is 0 Å². The maximum atomic E-state index is 12.1. The second-order valence-electron chi connectivity index (χ2n) is 4.99. The summed E-state index contributed by atoms with van der Waals surface area (Å²) >= 11 is 0. The van der Waals surface area contributed by atoms with Crippen molar-refractivity contribution in [1.29, 1.82) is 0 Å². The number of rotatable bonds is 1. The van der Waals surface area contributed by atoms with E-state index in [9.17, 15) is 4.79 Å². The molecular formula is C14H15NO. The molecule has 0 aliphatic heterocycles. The fraction of sp³-hybridized carbons (Fsp3) is 0.286. The van der Waals surface area contributed by atoms with Gasteiger partial charge in [-0.2, -0.15) is 0 Å². The Kier molecular flexibility index (Phi) is 2.50. The highest BCUT2D eigenvalue weighted by atomic mass is 16.1. The van der Waals surface area contributed by atoms with Crippen molar-refractivity contribution in [1.82, 2.24) is 4.98 Å². The fourth-order valence-corrected chi connectivity index (χ4v) is 1.64. The first-order valence-electron chi connectivity index (χ1n) is 5.38. The summed E-state index contributed by atoms with van der Waals surface area (Å²) in [5.74, 6) is 0.153. The predicted octanol–water partition coefficient (Wildman–Crippen LogP) is 3.46. The number of Topliss-reactive ketones (excluding diaryl/α,β-unsaturated/α-hetero) is 1. The molecule has 2 rings (SSSR count). The average Bonchev–Trinajstić information content (AvgIpc) is 2.26. The molecule has 1 aromatic heterocycles. The van der Waals surface area contributed by atoms with Gasteiger partial charge in [-0.1, -0.05) is 39.0 Å². The van der Waals surface area contributed by atoms with Crippen molar-refractivity contribution in [2.24, 2.45) is 5.41 Å². The third-order valence-corrected chi connectivity index (χ3v) is 2.55. The zero-order valence-electron chi connectivity index (χ0n) is 9.82. The van der Waals surface area contributed by atoms with Gasteiger partial charge in [0.25, 0.3) is 0 Å². The van der Waals surface area contributed by atoms with Crippen molar-refractivity contribution in [2.45, 2.75) is 20.8 Å². The van der Waals surface area contributed by atoms with Gasteiger partial charge in [0.2, 0.25) is 0 Å². The largest absolute Gasteiger partial charge is 0.294 e. The molecular weight excluding hydrogens is 198 g/mol. The zero-order valence-corrected chi connectivity index (χ0v) is 9.82. The Bertz CT molecular complexity index is 538. The molecule has 0 radical (unpaired) electrons. The van der Waals surface area contributed by atoms with Crippen LogP contribution in [0.1, 0.15) is 31.1 Å². The van der Waals surface area contributed by atoms with Gasteiger partial charge in [-0.15, -0.1) is 0 Å². The molecule has 0 aliphatic carbocycles. The van der Waals surface area contributed by atoms with Gasteiger partial charge in [0.05, 0.1) is 5.52 Å². The first kappa shape index (κ1) is 10.8. The summed E-state index contributed by atoms with van der Waals surface area (Å²) in [6, 6.07) is 9.57. The Morgan fingerprint density at radius 1 is 1.19 bits per heavy atom. The second-order valence-corrected chi connectivity index (χ2v) is 4.99. The minimum Gasteiger partial charge on any atom is -0.294 e. The first-order chi connectivity index (χ1) is 7.48. The van der Waals surface area contributed by atoms with E-state index in [0.29, 0.717) is 0 Å². The SMILES string of the molecule is CC(C)(C)C(=O)c1ccc2cccnc2c1. The molecule has 1 heterocycles. The standard InChI is InChI=1S/C14H15NO/c1-14(2,3)13(16)11-7-6-10-5-4-8-15-12(10)9-11/h4-9H,1-3H3. The zero-order chi connectivity index (χ0) is 11.8. The highest BCUT2D eigenvalue weighted by Crippen LogP contribution is 2.22. The van der Waals surface area contributed by atoms with E-state index in [1.807, 2.05) is 51.1 Å². The normalized spacial score (nSPS) is 11.7. The monoisotopic (exact) mass is 213 g/mol. The number of carbonyl (C=O) groups is 1. The van der Waals surface area contributed by atoms with Crippen molar-refractivity contribution in [3.05, 3.63) is 42.1 Å². The Hall–Kier alpha value is -1.70. The third-order valence-electron chi connectivity index (χ3n) is 2.55. The van der Waals surface area contributed by atoms with E-state index in [2.05, 4.69) is 4.98 Å². The van der Waals surface area contributed by atoms with E-state index in [-0.39, 0.29) is 11.2 Å². The smallest absolute Gasteiger partial charge is 0.168 e. The molecule has 1 aromatic carbocycles. The third kappa shape index (κ3) is 1.96. The summed E-state index contributed by atoms with van der Waals surface area (Å²) < 4.78 is 0. The lowest BCUT2D eigenvalue weighted by Crippen LogP contribution is -2.20. The molecule has 16 heavy (non-hydrogen) atoms. The molecule has 2 heteroatoms. The molecule has 0 fully saturated rings. The van der Waals surface area contributed by atoms with Gasteiger partial charge >= 0.3 is 0 Å². The maximum Gasteiger partial charge on any atom is 0.168 e. The van der Waals surface area contributed by atoms with Crippen LogP contribution in [0.5, 0.6) is 0 Å². The maximum absolute atomic E-state index is 12.1. The van der Waals surface area contributed by atoms with Crippen molar-refractivity contribution >= 4 is 16.7 Å². The summed E-state index contributed by atoms with van der Waals surface area (Å²) in [6.45, 7) is 5.79. The summed E-state index contributed by atoms with van der Waals surface area (Å²) in [5.41, 5.74) is 1.26. The van der Waals surface area contributed by atoms with Crippen molar-refractivity contribution in [3.8, 4) is 0 Å². The minimum absolute atomic E-state index is 0.153. The first-order valence-corrected chi connectivity index (χ1v) is 5.38. The topological polar surface area (TPSA) is 30.0 Å². The quantitative estimate of drug-likeness (QED) is 0.679. The van der Waals surface area contributed by atoms with Crippen LogP contribution in [-0.4, -0.2) is 10.8 Å². The van der Waals surface area contributed by atoms with E-state index in [0.717, 1.165) is 16.5 Å². The molecule has 2 nitrogen and oxygen atoms in total. The number of ketones is 1. The van der Waals surface area contributed by atoms with Crippen LogP contribution >= 0.6 is 0 Å². The van der Waals surface area contributed by atoms with Gasteiger partial charge < -0.3 is 0 Å². The molecule has 0 saturated heterocycles. The average molecular weight is 213 g/mol. The van der Waals surface area contributed by atoms with Gasteiger partial charge in [0, 0.05) is 22.6 Å². The highest BCUT2D eigenvalue weighted by molar-refractivity contribution is 6.02. The Labute approximate surface area is 95.3 Å². The summed E-state index contributed by atoms with van der Waals surface area (Å²) in [7, 11) is 0. The van der Waals surface area contributed by atoms with Gasteiger partial charge in [-0.05, 0) is 12.1 Å². The van der Waals surface area contributed by atoms with Gasteiger partial charge in [0.15, 0.2) is 5.78 Å². The lowest BCUT2D eigenvalue weighted by molar-refractivity contribution is 0.0858. The van der Waals surface area contributed by atoms with Crippen LogP contribution in [0.25, 0.3) is 10.9 Å². The lowest BCUT2D eigenvalue weighted by atomic mass is 9.86. The van der Waals surface area contributed by atoms with Crippen LogP contribution in [0.2, 0.25) is 0 Å². The second kappa shape index (κ2) is 3.71. The van der Waals surface area contributed by atoms with Crippen LogP contribution in [0.4, 0.5) is 0 Å². The molecule has 0 N–H and O–H groups in total. The Balaban J connectivity index is 2.52. The lowest BCUT2D eigenvalue weighted by Gasteiger charge is -2.16. The van der Waals surface area contributed by atoms with Crippen molar-refractivity contribution in [3.63, 3.8) is 0 Å². The molecule has 0 aliphatic rings. The van der Waals surface area contributed by atoms with Crippen LogP contribution < -0.4 is 0 Å². The van der Waals surface area contributed by atoms with Gasteiger partial charge in [0.1, 0.15) is 0 Å². The van der Waals surface area contributed by atoms with Crippen LogP contribution in [0.15, 0.2) is 36.5 Å². The Morgan fingerprint density at radius 3 is 2.62 bits per heavy atom. The van der Waals surface area contributed by atoms with Crippen LogP contribution in [-0.2, 0) is 0 Å². The van der Waals surface area contributed by atoms with E-state index >= 15 is 0 Å².